The summed E-state index contributed by atoms with van der Waals surface area (Å²) < 4.78 is 6.29. The Kier molecular flexibility index (Phi) is 7.58. The highest BCUT2D eigenvalue weighted by molar-refractivity contribution is 8.00. The number of ketones is 1. The first-order valence-electron chi connectivity index (χ1n) is 13.5. The molecule has 4 aliphatic rings. The van der Waals surface area contributed by atoms with Gasteiger partial charge in [-0.25, -0.2) is 0 Å². The predicted octanol–water partition coefficient (Wildman–Crippen LogP) is 3.87. The van der Waals surface area contributed by atoms with E-state index in [0.29, 0.717) is 19.3 Å². The van der Waals surface area contributed by atoms with Gasteiger partial charge < -0.3 is 20.7 Å². The Bertz CT molecular complexity index is 851. The third-order valence-corrected chi connectivity index (χ3v) is 12.2. The summed E-state index contributed by atoms with van der Waals surface area (Å²) in [5.41, 5.74) is 4.57. The average molecular weight is 508 g/mol. The normalized spacial score (nSPS) is 50.1. The van der Waals surface area contributed by atoms with Crippen LogP contribution < -0.4 is 5.73 Å². The van der Waals surface area contributed by atoms with Crippen molar-refractivity contribution in [1.82, 2.24) is 0 Å². The number of hydrogen-bond acceptors (Lipinski definition) is 7. The Morgan fingerprint density at radius 2 is 1.94 bits per heavy atom. The van der Waals surface area contributed by atoms with E-state index in [0.717, 1.165) is 32.1 Å². The summed E-state index contributed by atoms with van der Waals surface area (Å²) >= 11 is 1.45. The zero-order chi connectivity index (χ0) is 25.8. The molecule has 0 spiro atoms. The molecule has 0 amide bonds. The fourth-order valence-electron chi connectivity index (χ4n) is 8.21. The second kappa shape index (κ2) is 9.77. The molecule has 0 aromatic carbocycles. The van der Waals surface area contributed by atoms with Crippen LogP contribution in [0.4, 0.5) is 0 Å². The number of carbonyl (C=O) groups is 2. The monoisotopic (exact) mass is 507 g/mol. The van der Waals surface area contributed by atoms with Gasteiger partial charge in [0.15, 0.2) is 0 Å². The van der Waals surface area contributed by atoms with Gasteiger partial charge in [0.25, 0.3) is 0 Å². The molecule has 4 fully saturated rings. The standard InChI is InChI=1S/C28H45NO5S/c1-6-26(4)14-22(34-23(32)15-35-21-8-7-18(29)13-20(21)31)27(5)16(2)9-11-28(17(3)25(26)33)12-10-19(30)24(27)28/h6,16-18,20-22,24-25,31,33H,1,7-15,29H2,2-5H3/t16?,17-,18+,20+,21+,22+,24?,25-,26+,27-,28-/m0/s1. The van der Waals surface area contributed by atoms with Crippen molar-refractivity contribution in [1.29, 1.82) is 0 Å². The highest BCUT2D eigenvalue weighted by Crippen LogP contribution is 2.68. The van der Waals surface area contributed by atoms with Gasteiger partial charge in [0, 0.05) is 34.5 Å². The van der Waals surface area contributed by atoms with Gasteiger partial charge in [-0.05, 0) is 62.2 Å². The number of aliphatic hydroxyl groups excluding tert-OH is 2. The minimum absolute atomic E-state index is 0.0194. The van der Waals surface area contributed by atoms with Gasteiger partial charge in [-0.2, -0.15) is 0 Å². The first-order valence-corrected chi connectivity index (χ1v) is 14.5. The maximum Gasteiger partial charge on any atom is 0.316 e. The van der Waals surface area contributed by atoms with Crippen LogP contribution in [-0.2, 0) is 14.3 Å². The number of esters is 1. The van der Waals surface area contributed by atoms with E-state index in [4.69, 9.17) is 10.5 Å². The minimum atomic E-state index is -0.663. The molecule has 7 heteroatoms. The minimum Gasteiger partial charge on any atom is -0.461 e. The number of Topliss-reactive ketones (excluding diaryl/α,β-unsaturated/α-hetero) is 1. The van der Waals surface area contributed by atoms with Gasteiger partial charge in [-0.3, -0.25) is 9.59 Å². The molecule has 0 aromatic heterocycles. The summed E-state index contributed by atoms with van der Waals surface area (Å²) in [7, 11) is 0. The molecule has 0 radical (unpaired) electrons. The quantitative estimate of drug-likeness (QED) is 0.383. The molecular weight excluding hydrogens is 462 g/mol. The maximum atomic E-state index is 13.5. The van der Waals surface area contributed by atoms with Gasteiger partial charge >= 0.3 is 5.97 Å². The van der Waals surface area contributed by atoms with E-state index < -0.39 is 29.1 Å². The maximum absolute atomic E-state index is 13.5. The lowest BCUT2D eigenvalue weighted by atomic mass is 9.44. The van der Waals surface area contributed by atoms with Crippen molar-refractivity contribution < 1.29 is 24.5 Å². The second-order valence-electron chi connectivity index (χ2n) is 12.6. The van der Waals surface area contributed by atoms with E-state index >= 15 is 0 Å². The summed E-state index contributed by atoms with van der Waals surface area (Å²) in [6.45, 7) is 12.5. The number of thioether (sulfide) groups is 1. The van der Waals surface area contributed by atoms with Crippen LogP contribution in [0.25, 0.3) is 0 Å². The number of hydrogen-bond donors (Lipinski definition) is 3. The van der Waals surface area contributed by atoms with Crippen LogP contribution in [0.15, 0.2) is 12.7 Å². The Labute approximate surface area is 214 Å². The van der Waals surface area contributed by atoms with Crippen molar-refractivity contribution in [2.75, 3.05) is 5.75 Å². The lowest BCUT2D eigenvalue weighted by Crippen LogP contribution is -2.63. The van der Waals surface area contributed by atoms with Crippen molar-refractivity contribution in [3.63, 3.8) is 0 Å². The summed E-state index contributed by atoms with van der Waals surface area (Å²) in [5, 5.41) is 22.0. The van der Waals surface area contributed by atoms with E-state index in [-0.39, 0.29) is 52.0 Å². The Morgan fingerprint density at radius 1 is 1.23 bits per heavy atom. The number of nitrogens with two attached hydrogens (primary N) is 1. The predicted molar refractivity (Wildman–Crippen MR) is 139 cm³/mol. The zero-order valence-corrected chi connectivity index (χ0v) is 22.7. The molecular formula is C28H45NO5S. The summed E-state index contributed by atoms with van der Waals surface area (Å²) in [6, 6.07) is 0.0195. The Balaban J connectivity index is 1.62. The molecule has 4 rings (SSSR count). The summed E-state index contributed by atoms with van der Waals surface area (Å²) in [5.74, 6) is 0.0613. The third-order valence-electron chi connectivity index (χ3n) is 10.8. The zero-order valence-electron chi connectivity index (χ0n) is 21.9. The van der Waals surface area contributed by atoms with E-state index in [9.17, 15) is 19.8 Å². The van der Waals surface area contributed by atoms with Crippen LogP contribution >= 0.6 is 11.8 Å². The second-order valence-corrected chi connectivity index (χ2v) is 13.8. The molecule has 0 heterocycles. The molecule has 2 bridgehead atoms. The molecule has 35 heavy (non-hydrogen) atoms. The van der Waals surface area contributed by atoms with Gasteiger partial charge in [0.05, 0.1) is 18.0 Å². The van der Waals surface area contributed by atoms with Crippen molar-refractivity contribution in [3.8, 4) is 0 Å². The van der Waals surface area contributed by atoms with Gasteiger partial charge in [0.1, 0.15) is 11.9 Å². The number of carbonyl (C=O) groups excluding carboxylic acids is 2. The van der Waals surface area contributed by atoms with Crippen LogP contribution in [0.1, 0.15) is 79.1 Å². The SMILES string of the molecule is C=C[C@]1(C)C[C@@H](OC(=O)CS[C@@H]2CC[C@@H](N)C[C@H]2O)[C@]2(C)C(C)CC[C@]3(CCC(=O)C32)[C@@H](C)[C@@H]1O. The van der Waals surface area contributed by atoms with Crippen LogP contribution in [0.5, 0.6) is 0 Å². The molecule has 2 unspecified atom stereocenters. The van der Waals surface area contributed by atoms with Crippen molar-refractivity contribution in [3.05, 3.63) is 12.7 Å². The number of aliphatic hydroxyl groups is 2. The van der Waals surface area contributed by atoms with Crippen molar-refractivity contribution in [2.45, 2.75) is 109 Å². The van der Waals surface area contributed by atoms with E-state index in [1.54, 1.807) is 0 Å². The molecule has 198 valence electrons. The van der Waals surface area contributed by atoms with Crippen molar-refractivity contribution >= 4 is 23.5 Å². The van der Waals surface area contributed by atoms with Crippen LogP contribution in [0.2, 0.25) is 0 Å². The third kappa shape index (κ3) is 4.42. The fourth-order valence-corrected chi connectivity index (χ4v) is 9.27. The molecule has 0 aromatic rings. The molecule has 0 aliphatic heterocycles. The van der Waals surface area contributed by atoms with E-state index in [1.165, 1.54) is 11.8 Å². The fraction of sp³-hybridized carbons (Fsp3) is 0.857. The number of ether oxygens (including phenoxy) is 1. The lowest BCUT2D eigenvalue weighted by molar-refractivity contribution is -0.205. The van der Waals surface area contributed by atoms with Crippen molar-refractivity contribution in [2.24, 2.45) is 39.7 Å². The lowest BCUT2D eigenvalue weighted by Gasteiger charge is -2.61. The summed E-state index contributed by atoms with van der Waals surface area (Å²) in [6.07, 6.45) is 6.01. The van der Waals surface area contributed by atoms with Crippen LogP contribution in [0.3, 0.4) is 0 Å². The molecule has 4 aliphatic carbocycles. The average Bonchev–Trinajstić information content (AvgIpc) is 3.17. The first-order chi connectivity index (χ1) is 16.4. The first kappa shape index (κ1) is 27.2. The highest BCUT2D eigenvalue weighted by Gasteiger charge is 2.68. The molecule has 11 atom stereocenters. The Hall–Kier alpha value is -0.890. The molecule has 6 nitrogen and oxygen atoms in total. The van der Waals surface area contributed by atoms with Gasteiger partial charge in [0.2, 0.25) is 0 Å². The molecule has 4 N–H and O–H groups in total. The van der Waals surface area contributed by atoms with Gasteiger partial charge in [-0.15, -0.1) is 18.3 Å². The Morgan fingerprint density at radius 3 is 2.60 bits per heavy atom. The van der Waals surface area contributed by atoms with Crippen LogP contribution in [0, 0.1) is 34.0 Å². The van der Waals surface area contributed by atoms with E-state index in [2.05, 4.69) is 27.4 Å². The molecule has 0 saturated heterocycles. The molecule has 4 saturated carbocycles. The summed E-state index contributed by atoms with van der Waals surface area (Å²) in [4.78, 5) is 26.7. The smallest absolute Gasteiger partial charge is 0.316 e. The highest BCUT2D eigenvalue weighted by atomic mass is 32.2. The topological polar surface area (TPSA) is 110 Å². The van der Waals surface area contributed by atoms with Crippen LogP contribution in [-0.4, -0.2) is 57.3 Å². The number of rotatable bonds is 5. The van der Waals surface area contributed by atoms with Gasteiger partial charge in [-0.1, -0.05) is 33.8 Å². The van der Waals surface area contributed by atoms with E-state index in [1.807, 2.05) is 13.0 Å². The largest absolute Gasteiger partial charge is 0.461 e.